The van der Waals surface area contributed by atoms with Crippen LogP contribution in [0.5, 0.6) is 0 Å². The first-order chi connectivity index (χ1) is 8.59. The summed E-state index contributed by atoms with van der Waals surface area (Å²) in [4.78, 5) is 11.4. The van der Waals surface area contributed by atoms with Gasteiger partial charge in [0.25, 0.3) is 0 Å². The van der Waals surface area contributed by atoms with Gasteiger partial charge in [0.05, 0.1) is 0 Å². The van der Waals surface area contributed by atoms with E-state index in [-0.39, 0.29) is 0 Å². The van der Waals surface area contributed by atoms with Crippen molar-refractivity contribution < 1.29 is 9.90 Å². The molecule has 0 amide bonds. The van der Waals surface area contributed by atoms with Crippen LogP contribution in [-0.2, 0) is 6.54 Å². The lowest BCUT2D eigenvalue weighted by atomic mass is 10.2. The number of aromatic carboxylic acids is 1. The fourth-order valence-electron chi connectivity index (χ4n) is 1.65. The summed E-state index contributed by atoms with van der Waals surface area (Å²) in [7, 11) is 0. The van der Waals surface area contributed by atoms with E-state index in [4.69, 9.17) is 16.7 Å². The minimum atomic E-state index is -0.885. The Morgan fingerprint density at radius 2 is 2.22 bits per heavy atom. The van der Waals surface area contributed by atoms with Crippen LogP contribution in [0.2, 0.25) is 5.02 Å². The number of benzene rings is 1. The maximum atomic E-state index is 11.0. The van der Waals surface area contributed by atoms with Crippen LogP contribution in [0.1, 0.15) is 20.8 Å². The summed E-state index contributed by atoms with van der Waals surface area (Å²) in [6.45, 7) is 2.41. The SMILES string of the molecule is Cc1c(Cl)cccc1NCc1ccsc1C(=O)O. The minimum absolute atomic E-state index is 0.377. The van der Waals surface area contributed by atoms with Crippen LogP contribution in [0.15, 0.2) is 29.6 Å². The molecule has 0 saturated heterocycles. The maximum Gasteiger partial charge on any atom is 0.346 e. The molecule has 0 spiro atoms. The number of rotatable bonds is 4. The Balaban J connectivity index is 2.14. The summed E-state index contributed by atoms with van der Waals surface area (Å²) < 4.78 is 0. The third-order valence-electron chi connectivity index (χ3n) is 2.68. The second-order valence-electron chi connectivity index (χ2n) is 3.85. The summed E-state index contributed by atoms with van der Waals surface area (Å²) in [5.41, 5.74) is 2.67. The number of carboxylic acids is 1. The highest BCUT2D eigenvalue weighted by Crippen LogP contribution is 2.24. The van der Waals surface area contributed by atoms with E-state index in [1.54, 1.807) is 5.38 Å². The molecule has 94 valence electrons. The molecule has 0 unspecified atom stereocenters. The average Bonchev–Trinajstić information content (AvgIpc) is 2.79. The van der Waals surface area contributed by atoms with Crippen LogP contribution >= 0.6 is 22.9 Å². The van der Waals surface area contributed by atoms with Gasteiger partial charge >= 0.3 is 5.97 Å². The molecule has 0 aliphatic carbocycles. The zero-order valence-electron chi connectivity index (χ0n) is 9.74. The number of carbonyl (C=O) groups is 1. The van der Waals surface area contributed by atoms with Gasteiger partial charge in [0.15, 0.2) is 0 Å². The van der Waals surface area contributed by atoms with Crippen molar-refractivity contribution in [3.63, 3.8) is 0 Å². The number of anilines is 1. The summed E-state index contributed by atoms with van der Waals surface area (Å²) in [6, 6.07) is 7.44. The van der Waals surface area contributed by atoms with Crippen molar-refractivity contribution in [2.75, 3.05) is 5.32 Å². The largest absolute Gasteiger partial charge is 0.477 e. The van der Waals surface area contributed by atoms with Gasteiger partial charge in [-0.05, 0) is 41.6 Å². The van der Waals surface area contributed by atoms with Gasteiger partial charge in [-0.2, -0.15) is 0 Å². The smallest absolute Gasteiger partial charge is 0.346 e. The lowest BCUT2D eigenvalue weighted by molar-refractivity contribution is 0.0701. The van der Waals surface area contributed by atoms with Crippen LogP contribution in [0.3, 0.4) is 0 Å². The number of thiophene rings is 1. The quantitative estimate of drug-likeness (QED) is 0.890. The maximum absolute atomic E-state index is 11.0. The van der Waals surface area contributed by atoms with E-state index in [1.807, 2.05) is 31.2 Å². The van der Waals surface area contributed by atoms with E-state index in [9.17, 15) is 4.79 Å². The molecule has 18 heavy (non-hydrogen) atoms. The van der Waals surface area contributed by atoms with Gasteiger partial charge in [0.2, 0.25) is 0 Å². The fourth-order valence-corrected chi connectivity index (χ4v) is 2.59. The Labute approximate surface area is 114 Å². The normalized spacial score (nSPS) is 10.3. The van der Waals surface area contributed by atoms with E-state index >= 15 is 0 Å². The molecule has 2 N–H and O–H groups in total. The van der Waals surface area contributed by atoms with E-state index in [0.717, 1.165) is 16.8 Å². The Morgan fingerprint density at radius 1 is 1.44 bits per heavy atom. The lowest BCUT2D eigenvalue weighted by Crippen LogP contribution is -2.05. The number of carboxylic acid groups (broad SMARTS) is 1. The number of nitrogens with one attached hydrogen (secondary N) is 1. The molecule has 0 bridgehead atoms. The van der Waals surface area contributed by atoms with Gasteiger partial charge in [-0.15, -0.1) is 11.3 Å². The van der Waals surface area contributed by atoms with Crippen molar-refractivity contribution in [1.82, 2.24) is 0 Å². The van der Waals surface area contributed by atoms with Crippen molar-refractivity contribution in [2.45, 2.75) is 13.5 Å². The van der Waals surface area contributed by atoms with Crippen molar-refractivity contribution >= 4 is 34.6 Å². The number of hydrogen-bond donors (Lipinski definition) is 2. The first-order valence-corrected chi connectivity index (χ1v) is 6.64. The molecule has 0 fully saturated rings. The highest BCUT2D eigenvalue weighted by atomic mass is 35.5. The van der Waals surface area contributed by atoms with E-state index in [0.29, 0.717) is 16.4 Å². The second-order valence-corrected chi connectivity index (χ2v) is 5.17. The van der Waals surface area contributed by atoms with Crippen molar-refractivity contribution in [2.24, 2.45) is 0 Å². The van der Waals surface area contributed by atoms with Gasteiger partial charge in [-0.3, -0.25) is 0 Å². The Bertz CT molecular complexity index is 580. The topological polar surface area (TPSA) is 49.3 Å². The van der Waals surface area contributed by atoms with Crippen LogP contribution in [0, 0.1) is 6.92 Å². The Hall–Kier alpha value is -1.52. The van der Waals surface area contributed by atoms with Crippen LogP contribution < -0.4 is 5.32 Å². The highest BCUT2D eigenvalue weighted by Gasteiger charge is 2.11. The van der Waals surface area contributed by atoms with Crippen molar-refractivity contribution in [1.29, 1.82) is 0 Å². The molecule has 0 atom stereocenters. The molecular weight excluding hydrogens is 270 g/mol. The Morgan fingerprint density at radius 3 is 2.94 bits per heavy atom. The Kier molecular flexibility index (Phi) is 3.89. The standard InChI is InChI=1S/C13H12ClNO2S/c1-8-10(14)3-2-4-11(8)15-7-9-5-6-18-12(9)13(16)17/h2-6,15H,7H2,1H3,(H,16,17). The molecule has 5 heteroatoms. The third-order valence-corrected chi connectivity index (χ3v) is 4.03. The zero-order chi connectivity index (χ0) is 13.1. The fraction of sp³-hybridized carbons (Fsp3) is 0.154. The van der Waals surface area contributed by atoms with Gasteiger partial charge in [-0.25, -0.2) is 4.79 Å². The predicted molar refractivity (Wildman–Crippen MR) is 74.8 cm³/mol. The number of halogens is 1. The zero-order valence-corrected chi connectivity index (χ0v) is 11.3. The molecule has 3 nitrogen and oxygen atoms in total. The third kappa shape index (κ3) is 2.66. The first kappa shape index (κ1) is 12.9. The van der Waals surface area contributed by atoms with Crippen molar-refractivity contribution in [3.8, 4) is 0 Å². The second kappa shape index (κ2) is 5.42. The summed E-state index contributed by atoms with van der Waals surface area (Å²) in [6.07, 6.45) is 0. The molecule has 0 aliphatic heterocycles. The van der Waals surface area contributed by atoms with E-state index < -0.39 is 5.97 Å². The summed E-state index contributed by atoms with van der Waals surface area (Å²) in [5.74, 6) is -0.885. The molecule has 1 heterocycles. The molecule has 1 aromatic carbocycles. The van der Waals surface area contributed by atoms with E-state index in [2.05, 4.69) is 5.32 Å². The van der Waals surface area contributed by atoms with Crippen molar-refractivity contribution in [3.05, 3.63) is 50.7 Å². The molecule has 0 radical (unpaired) electrons. The minimum Gasteiger partial charge on any atom is -0.477 e. The average molecular weight is 282 g/mol. The lowest BCUT2D eigenvalue weighted by Gasteiger charge is -2.10. The van der Waals surface area contributed by atoms with E-state index in [1.165, 1.54) is 11.3 Å². The molecular formula is C13H12ClNO2S. The van der Waals surface area contributed by atoms with Gasteiger partial charge < -0.3 is 10.4 Å². The molecule has 0 aliphatic rings. The number of hydrogen-bond acceptors (Lipinski definition) is 3. The van der Waals surface area contributed by atoms with Crippen LogP contribution in [-0.4, -0.2) is 11.1 Å². The van der Waals surface area contributed by atoms with Crippen LogP contribution in [0.25, 0.3) is 0 Å². The summed E-state index contributed by atoms with van der Waals surface area (Å²) >= 11 is 7.26. The molecule has 0 saturated carbocycles. The first-order valence-electron chi connectivity index (χ1n) is 5.38. The predicted octanol–water partition coefficient (Wildman–Crippen LogP) is 4.02. The summed E-state index contributed by atoms with van der Waals surface area (Å²) in [5, 5.41) is 14.7. The van der Waals surface area contributed by atoms with Gasteiger partial charge in [-0.1, -0.05) is 17.7 Å². The molecule has 2 rings (SSSR count). The van der Waals surface area contributed by atoms with Crippen LogP contribution in [0.4, 0.5) is 5.69 Å². The highest BCUT2D eigenvalue weighted by molar-refractivity contribution is 7.12. The van der Waals surface area contributed by atoms with Gasteiger partial charge in [0, 0.05) is 17.3 Å². The molecule has 1 aromatic heterocycles. The molecule has 2 aromatic rings. The monoisotopic (exact) mass is 281 g/mol. The van der Waals surface area contributed by atoms with Gasteiger partial charge in [0.1, 0.15) is 4.88 Å².